The molecule has 3 aromatic heterocycles. The van der Waals surface area contributed by atoms with Crippen molar-refractivity contribution in [2.45, 2.75) is 6.42 Å². The number of furan rings is 1. The summed E-state index contributed by atoms with van der Waals surface area (Å²) in [6.07, 6.45) is 1.97. The fourth-order valence-electron chi connectivity index (χ4n) is 3.66. The summed E-state index contributed by atoms with van der Waals surface area (Å²) >= 11 is 0. The predicted molar refractivity (Wildman–Crippen MR) is 119 cm³/mol. The molecule has 34 heavy (non-hydrogen) atoms. The molecule has 0 atom stereocenters. The van der Waals surface area contributed by atoms with Gasteiger partial charge in [0.25, 0.3) is 11.1 Å². The van der Waals surface area contributed by atoms with E-state index in [0.717, 1.165) is 0 Å². The smallest absolute Gasteiger partial charge is 0.275 e. The van der Waals surface area contributed by atoms with E-state index < -0.39 is 0 Å². The van der Waals surface area contributed by atoms with Gasteiger partial charge in [0.15, 0.2) is 11.3 Å². The number of hydrogen-bond acceptors (Lipinski definition) is 6. The Balaban J connectivity index is 0.000000142. The zero-order valence-electron chi connectivity index (χ0n) is 17.5. The van der Waals surface area contributed by atoms with Gasteiger partial charge in [0.05, 0.1) is 23.8 Å². The van der Waals surface area contributed by atoms with Crippen LogP contribution in [-0.4, -0.2) is 27.0 Å². The zero-order valence-corrected chi connectivity index (χ0v) is 17.5. The van der Waals surface area contributed by atoms with Crippen LogP contribution in [0.15, 0.2) is 74.9 Å². The maximum Gasteiger partial charge on any atom is 0.275 e. The summed E-state index contributed by atoms with van der Waals surface area (Å²) in [6, 6.07) is 13.6. The Bertz CT molecular complexity index is 1620. The van der Waals surface area contributed by atoms with Crippen LogP contribution in [0.2, 0.25) is 0 Å². The highest BCUT2D eigenvalue weighted by molar-refractivity contribution is 5.88. The Labute approximate surface area is 189 Å². The van der Waals surface area contributed by atoms with Crippen molar-refractivity contribution in [2.75, 3.05) is 6.61 Å². The lowest BCUT2D eigenvalue weighted by Gasteiger charge is -2.05. The lowest BCUT2D eigenvalue weighted by molar-refractivity contribution is 0.357. The van der Waals surface area contributed by atoms with Crippen molar-refractivity contribution >= 4 is 11.0 Å². The second kappa shape index (κ2) is 8.74. The van der Waals surface area contributed by atoms with E-state index in [9.17, 15) is 18.4 Å². The van der Waals surface area contributed by atoms with Gasteiger partial charge in [0, 0.05) is 17.5 Å². The molecule has 0 saturated carbocycles. The summed E-state index contributed by atoms with van der Waals surface area (Å²) in [4.78, 5) is 22.9. The predicted octanol–water partition coefficient (Wildman–Crippen LogP) is 3.83. The van der Waals surface area contributed by atoms with Crippen LogP contribution in [0, 0.1) is 11.6 Å². The molecule has 0 aliphatic carbocycles. The van der Waals surface area contributed by atoms with Crippen LogP contribution in [0.4, 0.5) is 8.78 Å². The van der Waals surface area contributed by atoms with E-state index in [-0.39, 0.29) is 22.8 Å². The zero-order chi connectivity index (χ0) is 23.7. The first-order valence-corrected chi connectivity index (χ1v) is 10.2. The number of aromatic amines is 2. The lowest BCUT2D eigenvalue weighted by Crippen LogP contribution is -2.13. The number of nitrogens with zero attached hydrogens (tertiary/aromatic N) is 2. The quantitative estimate of drug-likeness (QED) is 0.412. The third kappa shape index (κ3) is 3.96. The average Bonchev–Trinajstić information content (AvgIpc) is 3.51. The van der Waals surface area contributed by atoms with Crippen molar-refractivity contribution in [3.05, 3.63) is 98.8 Å². The summed E-state index contributed by atoms with van der Waals surface area (Å²) in [5.41, 5.74) is 2.44. The van der Waals surface area contributed by atoms with Crippen molar-refractivity contribution < 1.29 is 17.9 Å². The highest BCUT2D eigenvalue weighted by Crippen LogP contribution is 2.32. The molecule has 1 aliphatic rings. The molecule has 2 N–H and O–H groups in total. The van der Waals surface area contributed by atoms with Crippen molar-refractivity contribution in [1.29, 1.82) is 0 Å². The molecule has 0 unspecified atom stereocenters. The van der Waals surface area contributed by atoms with E-state index in [1.165, 1.54) is 30.5 Å². The van der Waals surface area contributed by atoms with Crippen molar-refractivity contribution in [3.8, 4) is 28.3 Å². The molecule has 170 valence electrons. The Morgan fingerprint density at radius 2 is 1.47 bits per heavy atom. The van der Waals surface area contributed by atoms with Crippen LogP contribution in [-0.2, 0) is 6.42 Å². The number of fused-ring (bicyclic) bond motifs is 2. The summed E-state index contributed by atoms with van der Waals surface area (Å²) < 4.78 is 36.9. The number of benzene rings is 2. The van der Waals surface area contributed by atoms with E-state index in [4.69, 9.17) is 9.15 Å². The molecular formula is C24H16F2N4O4. The molecular weight excluding hydrogens is 446 g/mol. The van der Waals surface area contributed by atoms with Gasteiger partial charge in [-0.05, 0) is 30.3 Å². The van der Waals surface area contributed by atoms with Gasteiger partial charge < -0.3 is 9.15 Å². The van der Waals surface area contributed by atoms with Gasteiger partial charge >= 0.3 is 0 Å². The third-order valence-corrected chi connectivity index (χ3v) is 5.22. The van der Waals surface area contributed by atoms with E-state index >= 15 is 0 Å². The van der Waals surface area contributed by atoms with E-state index in [0.29, 0.717) is 57.8 Å². The molecule has 0 fully saturated rings. The molecule has 0 bridgehead atoms. The minimum Gasteiger partial charge on any atom is -0.490 e. The lowest BCUT2D eigenvalue weighted by atomic mass is 10.1. The van der Waals surface area contributed by atoms with Crippen LogP contribution in [0.25, 0.3) is 33.5 Å². The normalized spacial score (nSPS) is 12.1. The van der Waals surface area contributed by atoms with Gasteiger partial charge in [0.1, 0.15) is 23.0 Å². The molecule has 2 aromatic carbocycles. The summed E-state index contributed by atoms with van der Waals surface area (Å²) in [5, 5.41) is 13.0. The van der Waals surface area contributed by atoms with Crippen molar-refractivity contribution in [2.24, 2.45) is 0 Å². The molecule has 0 spiro atoms. The van der Waals surface area contributed by atoms with Crippen molar-refractivity contribution in [1.82, 2.24) is 20.4 Å². The maximum absolute atomic E-state index is 13.1. The molecule has 0 amide bonds. The van der Waals surface area contributed by atoms with Crippen LogP contribution >= 0.6 is 0 Å². The summed E-state index contributed by atoms with van der Waals surface area (Å²) in [5.74, 6) is -0.239. The number of nitrogens with one attached hydrogen (secondary N) is 2. The molecule has 8 nitrogen and oxygen atoms in total. The molecule has 4 heterocycles. The van der Waals surface area contributed by atoms with Gasteiger partial charge in [-0.1, -0.05) is 24.3 Å². The number of rotatable bonds is 2. The molecule has 5 aromatic rings. The highest BCUT2D eigenvalue weighted by atomic mass is 19.1. The number of halogens is 2. The Morgan fingerprint density at radius 3 is 2.18 bits per heavy atom. The summed E-state index contributed by atoms with van der Waals surface area (Å²) in [7, 11) is 0. The number of hydrogen-bond donors (Lipinski definition) is 2. The van der Waals surface area contributed by atoms with Crippen LogP contribution in [0.3, 0.4) is 0 Å². The standard InChI is InChI=1S/C12H9FN2O2.C12H7FN2O2/c2*13-8-3-1-2-7(6-8)10-11-9(4-5-17-11)12(16)15-14-10/h1-3,6H,4-5H2,(H,15,16);1-6H,(H,15,16). The van der Waals surface area contributed by atoms with Gasteiger partial charge in [0.2, 0.25) is 0 Å². The molecule has 10 heteroatoms. The van der Waals surface area contributed by atoms with E-state index in [1.807, 2.05) is 0 Å². The van der Waals surface area contributed by atoms with Gasteiger partial charge in [-0.15, -0.1) is 0 Å². The fourth-order valence-corrected chi connectivity index (χ4v) is 3.66. The largest absolute Gasteiger partial charge is 0.490 e. The molecule has 0 radical (unpaired) electrons. The number of aromatic nitrogens is 4. The minimum absolute atomic E-state index is 0.238. The van der Waals surface area contributed by atoms with Gasteiger partial charge in [-0.2, -0.15) is 10.2 Å². The second-order valence-electron chi connectivity index (χ2n) is 7.39. The molecule has 0 saturated heterocycles. The van der Waals surface area contributed by atoms with E-state index in [1.54, 1.807) is 30.3 Å². The first-order chi connectivity index (χ1) is 16.5. The van der Waals surface area contributed by atoms with Crippen molar-refractivity contribution in [3.63, 3.8) is 0 Å². The SMILES string of the molecule is O=c1[nH]nc(-c2cccc(F)c2)c2c1CCO2.O=c1[nH]nc(-c2cccc(F)c2)c2occc12. The Kier molecular flexibility index (Phi) is 5.46. The number of H-pyrrole nitrogens is 2. The van der Waals surface area contributed by atoms with Gasteiger partial charge in [-0.25, -0.2) is 19.0 Å². The minimum atomic E-state index is -0.366. The number of ether oxygens (including phenoxy) is 1. The monoisotopic (exact) mass is 462 g/mol. The Morgan fingerprint density at radius 1 is 0.824 bits per heavy atom. The summed E-state index contributed by atoms with van der Waals surface area (Å²) in [6.45, 7) is 0.465. The third-order valence-electron chi connectivity index (χ3n) is 5.22. The topological polar surface area (TPSA) is 114 Å². The second-order valence-corrected chi connectivity index (χ2v) is 7.39. The maximum atomic E-state index is 13.1. The average molecular weight is 462 g/mol. The van der Waals surface area contributed by atoms with Crippen LogP contribution in [0.1, 0.15) is 5.56 Å². The van der Waals surface area contributed by atoms with Gasteiger partial charge in [-0.3, -0.25) is 9.59 Å². The van der Waals surface area contributed by atoms with Crippen LogP contribution < -0.4 is 15.9 Å². The Hall–Kier alpha value is -4.60. The molecule has 1 aliphatic heterocycles. The van der Waals surface area contributed by atoms with Crippen LogP contribution in [0.5, 0.6) is 5.75 Å². The van der Waals surface area contributed by atoms with E-state index in [2.05, 4.69) is 20.4 Å². The first kappa shape index (κ1) is 21.3. The highest BCUT2D eigenvalue weighted by Gasteiger charge is 2.22. The molecule has 6 rings (SSSR count). The first-order valence-electron chi connectivity index (χ1n) is 10.2. The fraction of sp³-hybridized carbons (Fsp3) is 0.0833.